The molecule has 0 bridgehead atoms. The third-order valence-electron chi connectivity index (χ3n) is 8.76. The van der Waals surface area contributed by atoms with Gasteiger partial charge in [0.25, 0.3) is 0 Å². The van der Waals surface area contributed by atoms with E-state index < -0.39 is 11.2 Å². The largest absolute Gasteiger partial charge is 0.390 e. The highest BCUT2D eigenvalue weighted by Crippen LogP contribution is 2.67. The van der Waals surface area contributed by atoms with Crippen LogP contribution in [0.5, 0.6) is 0 Å². The molecule has 0 aromatic rings. The number of carbonyl (C=O) groups is 1. The van der Waals surface area contributed by atoms with Gasteiger partial charge in [0.1, 0.15) is 5.78 Å². The zero-order valence-corrected chi connectivity index (χ0v) is 14.8. The highest BCUT2D eigenvalue weighted by Gasteiger charge is 2.63. The Kier molecular flexibility index (Phi) is 3.37. The predicted octanol–water partition coefficient (Wildman–Crippen LogP) is 3.32. The van der Waals surface area contributed by atoms with Crippen molar-refractivity contribution in [1.82, 2.24) is 0 Å². The lowest BCUT2D eigenvalue weighted by Gasteiger charge is -2.50. The molecule has 3 heteroatoms. The molecule has 0 unspecified atom stereocenters. The summed E-state index contributed by atoms with van der Waals surface area (Å²) in [6.07, 6.45) is 7.34. The van der Waals surface area contributed by atoms with E-state index in [0.717, 1.165) is 32.1 Å². The van der Waals surface area contributed by atoms with E-state index in [1.807, 2.05) is 13.8 Å². The van der Waals surface area contributed by atoms with Gasteiger partial charge in [0.15, 0.2) is 0 Å². The minimum absolute atomic E-state index is 0.0411. The maximum absolute atomic E-state index is 12.0. The predicted molar refractivity (Wildman–Crippen MR) is 88.7 cm³/mol. The Hall–Kier alpha value is -0.410. The van der Waals surface area contributed by atoms with Crippen molar-refractivity contribution in [3.05, 3.63) is 0 Å². The first kappa shape index (κ1) is 16.1. The third-order valence-corrected chi connectivity index (χ3v) is 8.76. The van der Waals surface area contributed by atoms with Gasteiger partial charge >= 0.3 is 0 Å². The molecule has 0 heterocycles. The number of hydrogen-bond acceptors (Lipinski definition) is 3. The molecule has 3 nitrogen and oxygen atoms in total. The Morgan fingerprint density at radius 3 is 2.39 bits per heavy atom. The normalized spacial score (nSPS) is 59.2. The van der Waals surface area contributed by atoms with Crippen LogP contribution in [0.15, 0.2) is 0 Å². The SMILES string of the molecule is C[C@]1(O)CC[C@H]2[C@@H]3C[C@@H]4[C@H](CCC(=O)C[C@@]4(C)O)[C@@H]3CC[C@@]21C. The molecular weight excluding hydrogens is 288 g/mol. The molecule has 8 atom stereocenters. The Labute approximate surface area is 139 Å². The Morgan fingerprint density at radius 2 is 1.65 bits per heavy atom. The highest BCUT2D eigenvalue weighted by atomic mass is 16.3. The van der Waals surface area contributed by atoms with Gasteiger partial charge in [0, 0.05) is 12.8 Å². The molecule has 4 rings (SSSR count). The Balaban J connectivity index is 1.66. The molecule has 23 heavy (non-hydrogen) atoms. The van der Waals surface area contributed by atoms with Crippen molar-refractivity contribution in [3.63, 3.8) is 0 Å². The van der Waals surface area contributed by atoms with Gasteiger partial charge in [-0.05, 0) is 87.4 Å². The summed E-state index contributed by atoms with van der Waals surface area (Å²) in [5.41, 5.74) is -1.32. The number of aliphatic hydroxyl groups is 2. The minimum atomic E-state index is -0.826. The summed E-state index contributed by atoms with van der Waals surface area (Å²) in [6.45, 7) is 6.24. The Bertz CT molecular complexity index is 523. The number of hydrogen-bond donors (Lipinski definition) is 2. The molecular formula is C20H32O3. The lowest BCUT2D eigenvalue weighted by Crippen LogP contribution is -2.48. The van der Waals surface area contributed by atoms with E-state index in [-0.39, 0.29) is 17.1 Å². The number of carbonyl (C=O) groups excluding carboxylic acids is 1. The fraction of sp³-hybridized carbons (Fsp3) is 0.950. The first-order valence-corrected chi connectivity index (χ1v) is 9.62. The van der Waals surface area contributed by atoms with Crippen molar-refractivity contribution in [2.24, 2.45) is 35.0 Å². The summed E-state index contributed by atoms with van der Waals surface area (Å²) in [4.78, 5) is 12.0. The second kappa shape index (κ2) is 4.82. The average molecular weight is 320 g/mol. The second-order valence-corrected chi connectivity index (χ2v) is 9.82. The lowest BCUT2D eigenvalue weighted by atomic mass is 9.57. The fourth-order valence-corrected chi connectivity index (χ4v) is 7.27. The maximum Gasteiger partial charge on any atom is 0.135 e. The molecule has 0 aliphatic heterocycles. The molecule has 4 aliphatic rings. The van der Waals surface area contributed by atoms with Crippen LogP contribution in [0.2, 0.25) is 0 Å². The quantitative estimate of drug-likeness (QED) is 0.720. The maximum atomic E-state index is 12.0. The van der Waals surface area contributed by atoms with Gasteiger partial charge < -0.3 is 10.2 Å². The van der Waals surface area contributed by atoms with Crippen molar-refractivity contribution in [2.75, 3.05) is 0 Å². The van der Waals surface area contributed by atoms with Crippen LogP contribution in [0, 0.1) is 35.0 Å². The van der Waals surface area contributed by atoms with Crippen molar-refractivity contribution < 1.29 is 15.0 Å². The van der Waals surface area contributed by atoms with Crippen LogP contribution in [0.1, 0.15) is 72.1 Å². The number of fused-ring (bicyclic) bond motifs is 5. The van der Waals surface area contributed by atoms with E-state index in [1.165, 1.54) is 6.42 Å². The van der Waals surface area contributed by atoms with E-state index in [2.05, 4.69) is 6.92 Å². The average Bonchev–Trinajstić information content (AvgIpc) is 2.89. The van der Waals surface area contributed by atoms with Gasteiger partial charge in [-0.2, -0.15) is 0 Å². The first-order valence-electron chi connectivity index (χ1n) is 9.62. The van der Waals surface area contributed by atoms with Crippen LogP contribution in [0.25, 0.3) is 0 Å². The number of rotatable bonds is 0. The van der Waals surface area contributed by atoms with E-state index in [4.69, 9.17) is 0 Å². The lowest BCUT2D eigenvalue weighted by molar-refractivity contribution is -0.124. The smallest absolute Gasteiger partial charge is 0.135 e. The van der Waals surface area contributed by atoms with Crippen molar-refractivity contribution >= 4 is 5.78 Å². The van der Waals surface area contributed by atoms with Gasteiger partial charge in [-0.25, -0.2) is 0 Å². The van der Waals surface area contributed by atoms with E-state index >= 15 is 0 Å². The summed E-state index contributed by atoms with van der Waals surface area (Å²) in [6, 6.07) is 0. The molecule has 0 radical (unpaired) electrons. The molecule has 0 aromatic carbocycles. The standard InChI is InChI=1S/C20H32O3/c1-18-8-6-13-14-5-4-12(21)11-19(2,22)17(14)10-15(13)16(18)7-9-20(18,3)23/h13-17,22-23H,4-11H2,1-3H3/t13-,14+,15+,16-,17+,18-,19+,20-/m0/s1. The van der Waals surface area contributed by atoms with Crippen molar-refractivity contribution in [1.29, 1.82) is 0 Å². The summed E-state index contributed by atoms with van der Waals surface area (Å²) < 4.78 is 0. The molecule has 0 aromatic heterocycles. The van der Waals surface area contributed by atoms with Gasteiger partial charge in [0.05, 0.1) is 11.2 Å². The van der Waals surface area contributed by atoms with Gasteiger partial charge in [-0.15, -0.1) is 0 Å². The third kappa shape index (κ3) is 2.12. The van der Waals surface area contributed by atoms with E-state index in [1.54, 1.807) is 0 Å². The van der Waals surface area contributed by atoms with Crippen molar-refractivity contribution in [2.45, 2.75) is 83.3 Å². The first-order chi connectivity index (χ1) is 10.7. The van der Waals surface area contributed by atoms with Crippen LogP contribution in [-0.2, 0) is 4.79 Å². The molecule has 0 saturated heterocycles. The Morgan fingerprint density at radius 1 is 0.913 bits per heavy atom. The summed E-state index contributed by atoms with van der Waals surface area (Å²) in [5.74, 6) is 2.91. The zero-order valence-electron chi connectivity index (χ0n) is 14.8. The van der Waals surface area contributed by atoms with Crippen molar-refractivity contribution in [3.8, 4) is 0 Å². The van der Waals surface area contributed by atoms with Crippen LogP contribution in [-0.4, -0.2) is 27.2 Å². The summed E-state index contributed by atoms with van der Waals surface area (Å²) in [5, 5.41) is 21.9. The summed E-state index contributed by atoms with van der Waals surface area (Å²) in [7, 11) is 0. The molecule has 4 aliphatic carbocycles. The molecule has 130 valence electrons. The highest BCUT2D eigenvalue weighted by molar-refractivity contribution is 5.79. The second-order valence-electron chi connectivity index (χ2n) is 9.82. The zero-order chi connectivity index (χ0) is 16.6. The fourth-order valence-electron chi connectivity index (χ4n) is 7.27. The van der Waals surface area contributed by atoms with Crippen LogP contribution < -0.4 is 0 Å². The van der Waals surface area contributed by atoms with Crippen LogP contribution >= 0.6 is 0 Å². The van der Waals surface area contributed by atoms with Crippen LogP contribution in [0.3, 0.4) is 0 Å². The molecule has 0 spiro atoms. The topological polar surface area (TPSA) is 57.5 Å². The summed E-state index contributed by atoms with van der Waals surface area (Å²) >= 11 is 0. The van der Waals surface area contributed by atoms with Gasteiger partial charge in [-0.3, -0.25) is 4.79 Å². The number of ketones is 1. The minimum Gasteiger partial charge on any atom is -0.390 e. The van der Waals surface area contributed by atoms with Gasteiger partial charge in [0.2, 0.25) is 0 Å². The molecule has 0 amide bonds. The van der Waals surface area contributed by atoms with Gasteiger partial charge in [-0.1, -0.05) is 6.92 Å². The molecule has 2 N–H and O–H groups in total. The van der Waals surface area contributed by atoms with Crippen LogP contribution in [0.4, 0.5) is 0 Å². The van der Waals surface area contributed by atoms with E-state index in [0.29, 0.717) is 36.5 Å². The van der Waals surface area contributed by atoms with E-state index in [9.17, 15) is 15.0 Å². The monoisotopic (exact) mass is 320 g/mol. The molecule has 4 saturated carbocycles. The number of Topliss-reactive ketones (excluding diaryl/α,β-unsaturated/α-hetero) is 1. The molecule has 4 fully saturated rings.